The van der Waals surface area contributed by atoms with Gasteiger partial charge in [0.1, 0.15) is 30.1 Å². The Bertz CT molecular complexity index is 1160. The van der Waals surface area contributed by atoms with E-state index in [1.54, 1.807) is 27.7 Å². The van der Waals surface area contributed by atoms with Gasteiger partial charge in [0.05, 0.1) is 19.1 Å². The molecule has 1 saturated carbocycles. The van der Waals surface area contributed by atoms with Crippen LogP contribution in [-0.2, 0) is 41.9 Å². The number of nitrogens with one attached hydrogen (secondary N) is 1. The average Bonchev–Trinajstić information content (AvgIpc) is 3.02. The molecule has 1 unspecified atom stereocenters. The Kier molecular flexibility index (Phi) is 6.14. The Balaban J connectivity index is 1.45. The largest absolute Gasteiger partial charge is 0.476 e. The number of hydrogen-bond donors (Lipinski definition) is 1. The quantitative estimate of drug-likeness (QED) is 0.399. The molecular weight excluding hydrogens is 475 g/mol. The zero-order valence-electron chi connectivity index (χ0n) is 19.3. The number of ether oxygens (including phenoxy) is 3. The highest BCUT2D eigenvalue weighted by Gasteiger charge is 2.89. The zero-order valence-corrected chi connectivity index (χ0v) is 20.2. The number of aromatic amines is 1. The van der Waals surface area contributed by atoms with Crippen LogP contribution in [0, 0.1) is 5.41 Å². The fraction of sp³-hybridized carbons (Fsp3) is 0.700. The van der Waals surface area contributed by atoms with Crippen LogP contribution in [-0.4, -0.2) is 58.1 Å². The summed E-state index contributed by atoms with van der Waals surface area (Å²) in [6.07, 6.45) is -2.55. The predicted octanol–water partition coefficient (Wildman–Crippen LogP) is 1.03. The van der Waals surface area contributed by atoms with Crippen molar-refractivity contribution in [3.63, 3.8) is 0 Å². The molecule has 1 aliphatic carbocycles. The SMILES string of the molecule is CC(=O)O[C@H](CO[P@@]1(=O)OC2[C@H]3O[C@@H](n4ccc(=O)[nH]c4=O)C(C)(C)[C@@]23O1)CC(=O)OC(C)C. The van der Waals surface area contributed by atoms with E-state index in [1.807, 2.05) is 0 Å². The van der Waals surface area contributed by atoms with Gasteiger partial charge in [-0.1, -0.05) is 13.8 Å². The first-order valence-corrected chi connectivity index (χ1v) is 12.2. The van der Waals surface area contributed by atoms with Gasteiger partial charge in [-0.15, -0.1) is 0 Å². The lowest BCUT2D eigenvalue weighted by Gasteiger charge is -2.33. The van der Waals surface area contributed by atoms with Gasteiger partial charge in [0.15, 0.2) is 0 Å². The van der Waals surface area contributed by atoms with E-state index < -0.39 is 73.2 Å². The van der Waals surface area contributed by atoms with Crippen LogP contribution in [0.3, 0.4) is 0 Å². The van der Waals surface area contributed by atoms with Gasteiger partial charge in [-0.2, -0.15) is 0 Å². The van der Waals surface area contributed by atoms with Crippen molar-refractivity contribution >= 4 is 19.8 Å². The summed E-state index contributed by atoms with van der Waals surface area (Å²) in [7, 11) is -4.11. The molecule has 3 fully saturated rings. The smallest absolute Gasteiger partial charge is 0.463 e. The van der Waals surface area contributed by atoms with E-state index in [0.717, 1.165) is 0 Å². The lowest BCUT2D eigenvalue weighted by Crippen LogP contribution is -2.43. The van der Waals surface area contributed by atoms with Gasteiger partial charge in [0.25, 0.3) is 5.56 Å². The van der Waals surface area contributed by atoms with E-state index in [4.69, 9.17) is 27.8 Å². The molecule has 3 heterocycles. The molecule has 6 atom stereocenters. The van der Waals surface area contributed by atoms with Gasteiger partial charge in [0, 0.05) is 24.6 Å². The molecule has 1 spiro atoms. The Labute approximate surface area is 194 Å². The number of nitrogens with zero attached hydrogens (tertiary/aromatic N) is 1. The van der Waals surface area contributed by atoms with Crippen molar-refractivity contribution in [3.05, 3.63) is 33.1 Å². The van der Waals surface area contributed by atoms with Crippen LogP contribution in [0.15, 0.2) is 21.9 Å². The first kappa shape index (κ1) is 24.8. The predicted molar refractivity (Wildman–Crippen MR) is 113 cm³/mol. The van der Waals surface area contributed by atoms with E-state index in [1.165, 1.54) is 23.8 Å². The molecule has 0 radical (unpaired) electrons. The van der Waals surface area contributed by atoms with E-state index in [0.29, 0.717) is 0 Å². The first-order valence-electron chi connectivity index (χ1n) is 10.8. The molecule has 188 valence electrons. The minimum atomic E-state index is -4.11. The normalized spacial score (nSPS) is 33.8. The third kappa shape index (κ3) is 4.16. The van der Waals surface area contributed by atoms with E-state index in [9.17, 15) is 23.7 Å². The molecule has 1 aromatic heterocycles. The third-order valence-electron chi connectivity index (χ3n) is 6.03. The van der Waals surface area contributed by atoms with Gasteiger partial charge in [0.2, 0.25) is 0 Å². The number of carbonyl (C=O) groups excluding carboxylic acids is 2. The molecule has 0 aromatic carbocycles. The van der Waals surface area contributed by atoms with Crippen LogP contribution in [0.5, 0.6) is 0 Å². The molecule has 3 aliphatic rings. The van der Waals surface area contributed by atoms with Crippen molar-refractivity contribution in [2.45, 2.75) is 77.3 Å². The maximum atomic E-state index is 13.2. The standard InChI is InChI=1S/C20H27N2O11P/c1-10(2)29-14(25)8-12(30-11(3)23)9-28-34(27)32-16-15-20(16,33-34)19(4,5)17(31-15)22-7-6-13(24)21-18(22)26/h6-7,10,12,15-17H,8-9H2,1-5H3,(H,21,24,26)/t12-,15+,16?,17+,20-,34-/m0/s1. The monoisotopic (exact) mass is 502 g/mol. The number of rotatable bonds is 8. The molecule has 4 rings (SSSR count). The molecule has 2 saturated heterocycles. The van der Waals surface area contributed by atoms with Crippen molar-refractivity contribution < 1.29 is 41.9 Å². The molecule has 0 amide bonds. The zero-order chi connectivity index (χ0) is 25.1. The molecule has 0 bridgehead atoms. The summed E-state index contributed by atoms with van der Waals surface area (Å²) in [4.78, 5) is 49.2. The number of aromatic nitrogens is 2. The first-order chi connectivity index (χ1) is 15.8. The Hall–Kier alpha value is -2.31. The van der Waals surface area contributed by atoms with Gasteiger partial charge >= 0.3 is 25.5 Å². The van der Waals surface area contributed by atoms with E-state index in [-0.39, 0.29) is 12.5 Å². The Morgan fingerprint density at radius 1 is 1.24 bits per heavy atom. The highest BCUT2D eigenvalue weighted by atomic mass is 31.2. The van der Waals surface area contributed by atoms with E-state index >= 15 is 0 Å². The Morgan fingerprint density at radius 2 is 1.94 bits per heavy atom. The van der Waals surface area contributed by atoms with Crippen molar-refractivity contribution in [1.82, 2.24) is 9.55 Å². The van der Waals surface area contributed by atoms with Crippen molar-refractivity contribution in [2.24, 2.45) is 5.41 Å². The average molecular weight is 502 g/mol. The van der Waals surface area contributed by atoms with Crippen LogP contribution in [0.1, 0.15) is 47.3 Å². The second-order valence-corrected chi connectivity index (χ2v) is 10.8. The summed E-state index contributed by atoms with van der Waals surface area (Å²) in [6, 6.07) is 1.19. The third-order valence-corrected chi connectivity index (χ3v) is 7.51. The molecule has 34 heavy (non-hydrogen) atoms. The second kappa shape index (κ2) is 8.42. The molecular formula is C20H27N2O11P. The highest BCUT2D eigenvalue weighted by Crippen LogP contribution is 2.79. The van der Waals surface area contributed by atoms with E-state index in [2.05, 4.69) is 4.98 Å². The number of H-pyrrole nitrogens is 1. The Morgan fingerprint density at radius 3 is 2.56 bits per heavy atom. The lowest BCUT2D eigenvalue weighted by molar-refractivity contribution is -0.157. The maximum absolute atomic E-state index is 13.2. The molecule has 2 aliphatic heterocycles. The van der Waals surface area contributed by atoms with Crippen LogP contribution in [0.4, 0.5) is 0 Å². The molecule has 1 N–H and O–H groups in total. The number of esters is 2. The summed E-state index contributed by atoms with van der Waals surface area (Å²) in [5, 5.41) is 0. The maximum Gasteiger partial charge on any atom is 0.476 e. The number of phosphoric acid groups is 1. The van der Waals surface area contributed by atoms with Crippen LogP contribution in [0.25, 0.3) is 0 Å². The number of fused-ring (bicyclic) bond motifs is 1. The van der Waals surface area contributed by atoms with Crippen LogP contribution >= 0.6 is 7.82 Å². The number of carbonyl (C=O) groups is 2. The number of hydrogen-bond acceptors (Lipinski definition) is 11. The fourth-order valence-corrected chi connectivity index (χ4v) is 6.40. The van der Waals surface area contributed by atoms with Gasteiger partial charge in [-0.05, 0) is 13.8 Å². The van der Waals surface area contributed by atoms with Crippen molar-refractivity contribution in [3.8, 4) is 0 Å². The van der Waals surface area contributed by atoms with Gasteiger partial charge in [-0.25, -0.2) is 9.36 Å². The topological polar surface area (TPSA) is 161 Å². The van der Waals surface area contributed by atoms with Crippen LogP contribution in [0.2, 0.25) is 0 Å². The highest BCUT2D eigenvalue weighted by molar-refractivity contribution is 7.48. The molecule has 13 nitrogen and oxygen atoms in total. The van der Waals surface area contributed by atoms with Gasteiger partial charge < -0.3 is 14.2 Å². The minimum Gasteiger partial charge on any atom is -0.463 e. The van der Waals surface area contributed by atoms with Crippen LogP contribution < -0.4 is 11.2 Å². The lowest BCUT2D eigenvalue weighted by atomic mass is 9.83. The molecule has 1 aromatic rings. The fourth-order valence-electron chi connectivity index (χ4n) is 4.54. The molecule has 14 heteroatoms. The summed E-state index contributed by atoms with van der Waals surface area (Å²) in [5.41, 5.74) is -3.26. The number of phosphoric ester groups is 1. The summed E-state index contributed by atoms with van der Waals surface area (Å²) < 4.78 is 47.3. The summed E-state index contributed by atoms with van der Waals surface area (Å²) >= 11 is 0. The summed E-state index contributed by atoms with van der Waals surface area (Å²) in [6.45, 7) is 7.61. The second-order valence-electron chi connectivity index (χ2n) is 9.28. The van der Waals surface area contributed by atoms with Crippen molar-refractivity contribution in [1.29, 1.82) is 0 Å². The van der Waals surface area contributed by atoms with Crippen molar-refractivity contribution in [2.75, 3.05) is 6.61 Å². The minimum absolute atomic E-state index is 0.305. The summed E-state index contributed by atoms with van der Waals surface area (Å²) in [5.74, 6) is -1.27. The van der Waals surface area contributed by atoms with Gasteiger partial charge in [-0.3, -0.25) is 37.5 Å².